The number of nitrogens with zero attached hydrogens (tertiary/aromatic N) is 1. The summed E-state index contributed by atoms with van der Waals surface area (Å²) in [5, 5.41) is 4.53. The van der Waals surface area contributed by atoms with Gasteiger partial charge in [-0.3, -0.25) is 0 Å². The zero-order chi connectivity index (χ0) is 11.4. The Hall–Kier alpha value is -0.970. The van der Waals surface area contributed by atoms with Crippen LogP contribution in [-0.4, -0.2) is 31.2 Å². The van der Waals surface area contributed by atoms with Gasteiger partial charge < -0.3 is 10.1 Å². The van der Waals surface area contributed by atoms with Crippen LogP contribution in [0.4, 0.5) is 0 Å². The fourth-order valence-corrected chi connectivity index (χ4v) is 2.67. The predicted octanol–water partition coefficient (Wildman–Crippen LogP) is 2.07. The molecule has 2 aromatic rings. The summed E-state index contributed by atoms with van der Waals surface area (Å²) >= 11 is 1.59. The van der Waals surface area contributed by atoms with Gasteiger partial charge in [-0.25, -0.2) is 0 Å². The quantitative estimate of drug-likeness (QED) is 0.863. The van der Waals surface area contributed by atoms with Gasteiger partial charge in [-0.1, -0.05) is 18.2 Å². The molecule has 1 atom stereocenters. The number of nitrogens with one attached hydrogen (secondary N) is 1. The van der Waals surface area contributed by atoms with Crippen LogP contribution in [0.25, 0.3) is 10.9 Å². The second-order valence-electron chi connectivity index (χ2n) is 3.77. The number of ether oxygens (including phenoxy) is 1. The van der Waals surface area contributed by atoms with Crippen molar-refractivity contribution in [2.45, 2.75) is 12.5 Å². The number of benzene rings is 1. The van der Waals surface area contributed by atoms with Gasteiger partial charge in [0.1, 0.15) is 0 Å². The first kappa shape index (κ1) is 11.5. The molecule has 1 heterocycles. The lowest BCUT2D eigenvalue weighted by atomic mass is 10.1. The Bertz CT molecular complexity index is 455. The second-order valence-corrected chi connectivity index (χ2v) is 4.63. The average Bonchev–Trinajstić information content (AvgIpc) is 2.72. The molecule has 1 unspecified atom stereocenters. The van der Waals surface area contributed by atoms with Gasteiger partial charge in [0.2, 0.25) is 0 Å². The van der Waals surface area contributed by atoms with E-state index >= 15 is 0 Å². The second kappa shape index (κ2) is 5.39. The number of aromatic nitrogens is 1. The first-order chi connectivity index (χ1) is 7.85. The number of rotatable bonds is 5. The van der Waals surface area contributed by atoms with Crippen LogP contribution in [0.5, 0.6) is 0 Å². The van der Waals surface area contributed by atoms with E-state index in [1.165, 1.54) is 10.3 Å². The third-order valence-corrected chi connectivity index (χ3v) is 3.56. The van der Waals surface area contributed by atoms with Crippen molar-refractivity contribution >= 4 is 22.4 Å². The van der Waals surface area contributed by atoms with Gasteiger partial charge in [0.05, 0.1) is 12.1 Å². The molecule has 0 spiro atoms. The molecule has 0 saturated carbocycles. The molecule has 0 aliphatic heterocycles. The van der Waals surface area contributed by atoms with Crippen LogP contribution in [0.15, 0.2) is 24.3 Å². The highest BCUT2D eigenvalue weighted by atomic mass is 32.1. The van der Waals surface area contributed by atoms with Gasteiger partial charge in [0.25, 0.3) is 0 Å². The number of hydrogen-bond donors (Lipinski definition) is 1. The van der Waals surface area contributed by atoms with E-state index < -0.39 is 0 Å². The third kappa shape index (κ3) is 2.40. The van der Waals surface area contributed by atoms with Gasteiger partial charge in [0, 0.05) is 29.8 Å². The van der Waals surface area contributed by atoms with Gasteiger partial charge in [-0.15, -0.1) is 0 Å². The molecule has 0 radical (unpaired) electrons. The topological polar surface area (TPSA) is 34.1 Å². The Kier molecular flexibility index (Phi) is 3.88. The highest BCUT2D eigenvalue weighted by Gasteiger charge is 2.11. The van der Waals surface area contributed by atoms with E-state index in [0.717, 1.165) is 18.5 Å². The van der Waals surface area contributed by atoms with E-state index in [4.69, 9.17) is 4.74 Å². The van der Waals surface area contributed by atoms with Crippen molar-refractivity contribution in [3.63, 3.8) is 0 Å². The largest absolute Gasteiger partial charge is 0.383 e. The number of fused-ring (bicyclic) bond motifs is 1. The molecule has 0 bridgehead atoms. The van der Waals surface area contributed by atoms with E-state index in [2.05, 4.69) is 27.9 Å². The van der Waals surface area contributed by atoms with Crippen LogP contribution in [0.1, 0.15) is 4.88 Å². The number of likely N-dealkylation sites (N-methyl/N-ethyl adjacent to an activating group) is 1. The molecule has 1 N–H and O–H groups in total. The first-order valence-corrected chi connectivity index (χ1v) is 6.12. The monoisotopic (exact) mass is 236 g/mol. The maximum Gasteiger partial charge on any atom is 0.0843 e. The molecule has 0 fully saturated rings. The Labute approximate surface area is 99.6 Å². The van der Waals surface area contributed by atoms with E-state index in [0.29, 0.717) is 6.04 Å². The summed E-state index contributed by atoms with van der Waals surface area (Å²) in [5.41, 5.74) is 1.09. The minimum atomic E-state index is 0.355. The molecule has 0 saturated heterocycles. The van der Waals surface area contributed by atoms with Crippen LogP contribution in [-0.2, 0) is 11.2 Å². The zero-order valence-corrected chi connectivity index (χ0v) is 10.4. The van der Waals surface area contributed by atoms with Crippen molar-refractivity contribution < 1.29 is 4.74 Å². The summed E-state index contributed by atoms with van der Waals surface area (Å²) in [6, 6.07) is 8.63. The van der Waals surface area contributed by atoms with Crippen molar-refractivity contribution in [2.24, 2.45) is 0 Å². The maximum absolute atomic E-state index is 5.18. The third-order valence-electron chi connectivity index (χ3n) is 2.67. The molecule has 3 nitrogen and oxygen atoms in total. The van der Waals surface area contributed by atoms with Gasteiger partial charge in [0.15, 0.2) is 0 Å². The summed E-state index contributed by atoms with van der Waals surface area (Å²) in [6.45, 7) is 0.725. The molecular formula is C12H16N2OS. The SMILES string of the molecule is CNC(COC)Cc1snc2ccccc12. The Morgan fingerprint density at radius 1 is 1.44 bits per heavy atom. The van der Waals surface area contributed by atoms with E-state index in [9.17, 15) is 0 Å². The van der Waals surface area contributed by atoms with Crippen molar-refractivity contribution in [1.82, 2.24) is 9.69 Å². The van der Waals surface area contributed by atoms with E-state index in [1.807, 2.05) is 13.1 Å². The molecule has 1 aromatic heterocycles. The van der Waals surface area contributed by atoms with Crippen LogP contribution in [0.3, 0.4) is 0 Å². The first-order valence-electron chi connectivity index (χ1n) is 5.34. The van der Waals surface area contributed by atoms with Crippen LogP contribution < -0.4 is 5.32 Å². The highest BCUT2D eigenvalue weighted by molar-refractivity contribution is 7.07. The molecule has 0 aliphatic carbocycles. The van der Waals surface area contributed by atoms with Crippen LogP contribution >= 0.6 is 11.5 Å². The highest BCUT2D eigenvalue weighted by Crippen LogP contribution is 2.23. The van der Waals surface area contributed by atoms with Crippen molar-refractivity contribution in [3.05, 3.63) is 29.1 Å². The number of hydrogen-bond acceptors (Lipinski definition) is 4. The van der Waals surface area contributed by atoms with Crippen molar-refractivity contribution in [3.8, 4) is 0 Å². The summed E-state index contributed by atoms with van der Waals surface area (Å²) in [4.78, 5) is 1.33. The summed E-state index contributed by atoms with van der Waals surface area (Å²) in [5.74, 6) is 0. The normalized spacial score (nSPS) is 13.1. The number of methoxy groups -OCH3 is 1. The molecule has 0 aliphatic rings. The fraction of sp³-hybridized carbons (Fsp3) is 0.417. The van der Waals surface area contributed by atoms with Crippen LogP contribution in [0, 0.1) is 0 Å². The molecule has 0 amide bonds. The maximum atomic E-state index is 5.18. The van der Waals surface area contributed by atoms with Crippen molar-refractivity contribution in [2.75, 3.05) is 20.8 Å². The summed E-state index contributed by atoms with van der Waals surface area (Å²) in [6.07, 6.45) is 0.968. The molecule has 2 rings (SSSR count). The molecule has 16 heavy (non-hydrogen) atoms. The van der Waals surface area contributed by atoms with E-state index in [1.54, 1.807) is 18.6 Å². The van der Waals surface area contributed by atoms with Gasteiger partial charge in [-0.2, -0.15) is 4.37 Å². The summed E-state index contributed by atoms with van der Waals surface area (Å²) < 4.78 is 9.62. The lowest BCUT2D eigenvalue weighted by Crippen LogP contribution is -2.31. The standard InChI is InChI=1S/C12H16N2OS/c1-13-9(8-15-2)7-12-10-5-3-4-6-11(10)14-16-12/h3-6,9,13H,7-8H2,1-2H3. The Morgan fingerprint density at radius 2 is 2.25 bits per heavy atom. The smallest absolute Gasteiger partial charge is 0.0843 e. The minimum Gasteiger partial charge on any atom is -0.383 e. The molecule has 4 heteroatoms. The molecular weight excluding hydrogens is 220 g/mol. The van der Waals surface area contributed by atoms with Crippen LogP contribution in [0.2, 0.25) is 0 Å². The fourth-order valence-electron chi connectivity index (χ4n) is 1.76. The summed E-state index contributed by atoms with van der Waals surface area (Å²) in [7, 11) is 3.70. The molecule has 1 aromatic carbocycles. The lowest BCUT2D eigenvalue weighted by Gasteiger charge is -2.13. The lowest BCUT2D eigenvalue weighted by molar-refractivity contribution is 0.170. The van der Waals surface area contributed by atoms with Crippen molar-refractivity contribution in [1.29, 1.82) is 0 Å². The van der Waals surface area contributed by atoms with E-state index in [-0.39, 0.29) is 0 Å². The minimum absolute atomic E-state index is 0.355. The Balaban J connectivity index is 2.20. The predicted molar refractivity (Wildman–Crippen MR) is 68.0 cm³/mol. The molecule has 86 valence electrons. The zero-order valence-electron chi connectivity index (χ0n) is 9.56. The average molecular weight is 236 g/mol. The Morgan fingerprint density at radius 3 is 3.00 bits per heavy atom. The van der Waals surface area contributed by atoms with Gasteiger partial charge >= 0.3 is 0 Å². The van der Waals surface area contributed by atoms with Gasteiger partial charge in [-0.05, 0) is 24.6 Å².